The van der Waals surface area contributed by atoms with E-state index in [0.29, 0.717) is 5.92 Å². The monoisotopic (exact) mass is 284 g/mol. The number of hydrogen-bond donors (Lipinski definition) is 0. The topological polar surface area (TPSA) is 9.23 Å². The Labute approximate surface area is 125 Å². The van der Waals surface area contributed by atoms with Crippen molar-refractivity contribution in [1.82, 2.24) is 0 Å². The zero-order valence-corrected chi connectivity index (χ0v) is 12.8. The summed E-state index contributed by atoms with van der Waals surface area (Å²) in [6.07, 6.45) is 8.25. The molecule has 0 saturated heterocycles. The van der Waals surface area contributed by atoms with Crippen molar-refractivity contribution in [2.24, 2.45) is 5.92 Å². The first-order chi connectivity index (χ1) is 9.94. The number of allylic oxidation sites excluding steroid dienone is 4. The standard InChI is InChI=1S/C19H21FO/c1-13-12-19(2,3)21-17-9-5-7-15(18(13)17)10-14-6-4-8-16(20)11-14/h4-6,8-9,11-12,15H,7,10H2,1-3H3/t15-/m1/s1. The van der Waals surface area contributed by atoms with Gasteiger partial charge in [-0.15, -0.1) is 0 Å². The van der Waals surface area contributed by atoms with Crippen molar-refractivity contribution < 1.29 is 9.13 Å². The number of halogens is 1. The molecule has 1 aliphatic carbocycles. The van der Waals surface area contributed by atoms with E-state index in [9.17, 15) is 4.39 Å². The van der Waals surface area contributed by atoms with Gasteiger partial charge in [-0.3, -0.25) is 0 Å². The summed E-state index contributed by atoms with van der Waals surface area (Å²) in [6, 6.07) is 6.90. The molecule has 0 N–H and O–H groups in total. The molecular formula is C19H21FO. The Hall–Kier alpha value is -1.83. The van der Waals surface area contributed by atoms with Crippen LogP contribution in [-0.4, -0.2) is 5.60 Å². The van der Waals surface area contributed by atoms with Gasteiger partial charge >= 0.3 is 0 Å². The van der Waals surface area contributed by atoms with Crippen molar-refractivity contribution >= 4 is 0 Å². The molecule has 110 valence electrons. The maximum absolute atomic E-state index is 13.4. The largest absolute Gasteiger partial charge is 0.483 e. The van der Waals surface area contributed by atoms with E-state index in [1.807, 2.05) is 6.07 Å². The molecule has 1 nitrogen and oxygen atoms in total. The van der Waals surface area contributed by atoms with Gasteiger partial charge in [-0.1, -0.05) is 18.2 Å². The summed E-state index contributed by atoms with van der Waals surface area (Å²) in [6.45, 7) is 6.30. The van der Waals surface area contributed by atoms with Crippen molar-refractivity contribution in [2.45, 2.75) is 39.2 Å². The van der Waals surface area contributed by atoms with Gasteiger partial charge in [-0.2, -0.15) is 0 Å². The first-order valence-corrected chi connectivity index (χ1v) is 7.48. The van der Waals surface area contributed by atoms with Crippen LogP contribution in [0.3, 0.4) is 0 Å². The third kappa shape index (κ3) is 2.94. The molecule has 0 spiro atoms. The van der Waals surface area contributed by atoms with Gasteiger partial charge in [-0.05, 0) is 75.0 Å². The smallest absolute Gasteiger partial charge is 0.124 e. The second kappa shape index (κ2) is 5.18. The number of hydrogen-bond acceptors (Lipinski definition) is 1. The predicted molar refractivity (Wildman–Crippen MR) is 83.3 cm³/mol. The Morgan fingerprint density at radius 3 is 2.90 bits per heavy atom. The van der Waals surface area contributed by atoms with Crippen molar-refractivity contribution in [3.8, 4) is 0 Å². The van der Waals surface area contributed by atoms with Gasteiger partial charge in [0.25, 0.3) is 0 Å². The van der Waals surface area contributed by atoms with Gasteiger partial charge in [0.2, 0.25) is 0 Å². The molecule has 0 fully saturated rings. The Morgan fingerprint density at radius 1 is 1.33 bits per heavy atom. The predicted octanol–water partition coefficient (Wildman–Crippen LogP) is 4.95. The van der Waals surface area contributed by atoms with Crippen LogP contribution in [0.2, 0.25) is 0 Å². The van der Waals surface area contributed by atoms with Gasteiger partial charge in [-0.25, -0.2) is 4.39 Å². The summed E-state index contributed by atoms with van der Waals surface area (Å²) >= 11 is 0. The average Bonchev–Trinajstić information content (AvgIpc) is 2.36. The third-order valence-corrected chi connectivity index (χ3v) is 4.10. The molecule has 0 saturated carbocycles. The minimum Gasteiger partial charge on any atom is -0.483 e. The van der Waals surface area contributed by atoms with Gasteiger partial charge < -0.3 is 4.74 Å². The lowest BCUT2D eigenvalue weighted by atomic mass is 9.79. The molecule has 1 aromatic carbocycles. The molecule has 0 radical (unpaired) electrons. The molecule has 2 aliphatic rings. The van der Waals surface area contributed by atoms with Crippen LogP contribution in [0.5, 0.6) is 0 Å². The first kappa shape index (κ1) is 14.1. The van der Waals surface area contributed by atoms with Crippen LogP contribution in [0.15, 0.2) is 59.4 Å². The summed E-state index contributed by atoms with van der Waals surface area (Å²) in [4.78, 5) is 0. The molecule has 0 unspecified atom stereocenters. The Morgan fingerprint density at radius 2 is 2.14 bits per heavy atom. The van der Waals surface area contributed by atoms with E-state index in [1.165, 1.54) is 17.2 Å². The Bertz CT molecular complexity index is 649. The van der Waals surface area contributed by atoms with E-state index in [-0.39, 0.29) is 11.4 Å². The lowest BCUT2D eigenvalue weighted by Crippen LogP contribution is -2.28. The zero-order valence-electron chi connectivity index (χ0n) is 12.8. The van der Waals surface area contributed by atoms with E-state index in [1.54, 1.807) is 12.1 Å². The molecule has 3 rings (SSSR count). The van der Waals surface area contributed by atoms with Crippen LogP contribution in [0.1, 0.15) is 32.8 Å². The highest BCUT2D eigenvalue weighted by Gasteiger charge is 2.31. The minimum atomic E-state index is -0.256. The summed E-state index contributed by atoms with van der Waals surface area (Å²) in [5.41, 5.74) is 3.35. The summed E-state index contributed by atoms with van der Waals surface area (Å²) in [5.74, 6) is 1.17. The molecule has 0 bridgehead atoms. The zero-order chi connectivity index (χ0) is 15.0. The molecule has 2 heteroatoms. The van der Waals surface area contributed by atoms with Crippen LogP contribution in [0, 0.1) is 11.7 Å². The van der Waals surface area contributed by atoms with E-state index in [0.717, 1.165) is 24.2 Å². The number of benzene rings is 1. The molecule has 0 aromatic heterocycles. The van der Waals surface area contributed by atoms with Crippen molar-refractivity contribution in [3.63, 3.8) is 0 Å². The number of ether oxygens (including phenoxy) is 1. The molecule has 1 aromatic rings. The summed E-state index contributed by atoms with van der Waals surface area (Å²) in [7, 11) is 0. The van der Waals surface area contributed by atoms with E-state index >= 15 is 0 Å². The molecule has 1 aliphatic heterocycles. The van der Waals surface area contributed by atoms with Gasteiger partial charge in [0.15, 0.2) is 0 Å². The average molecular weight is 284 g/mol. The van der Waals surface area contributed by atoms with Crippen LogP contribution < -0.4 is 0 Å². The van der Waals surface area contributed by atoms with E-state index < -0.39 is 0 Å². The maximum atomic E-state index is 13.4. The second-order valence-electron chi connectivity index (χ2n) is 6.48. The highest BCUT2D eigenvalue weighted by atomic mass is 19.1. The SMILES string of the molecule is CC1=CC(C)(C)OC2=C1[C@@H](Cc1cccc(F)c1)CC=C2. The maximum Gasteiger partial charge on any atom is 0.124 e. The molecule has 1 atom stereocenters. The minimum absolute atomic E-state index is 0.165. The third-order valence-electron chi connectivity index (χ3n) is 4.10. The molecule has 1 heterocycles. The van der Waals surface area contributed by atoms with Crippen LogP contribution >= 0.6 is 0 Å². The molecule has 21 heavy (non-hydrogen) atoms. The van der Waals surface area contributed by atoms with Crippen molar-refractivity contribution in [3.05, 3.63) is 70.8 Å². The Kier molecular flexibility index (Phi) is 3.48. The fraction of sp³-hybridized carbons (Fsp3) is 0.368. The molecule has 0 amide bonds. The fourth-order valence-electron chi connectivity index (χ4n) is 3.40. The van der Waals surface area contributed by atoms with Gasteiger partial charge in [0.1, 0.15) is 17.2 Å². The van der Waals surface area contributed by atoms with Gasteiger partial charge in [0, 0.05) is 5.57 Å². The summed E-state index contributed by atoms with van der Waals surface area (Å²) < 4.78 is 19.5. The summed E-state index contributed by atoms with van der Waals surface area (Å²) in [5, 5.41) is 0. The van der Waals surface area contributed by atoms with Crippen LogP contribution in [0.25, 0.3) is 0 Å². The van der Waals surface area contributed by atoms with Crippen molar-refractivity contribution in [2.75, 3.05) is 0 Å². The van der Waals surface area contributed by atoms with Crippen LogP contribution in [-0.2, 0) is 11.2 Å². The second-order valence-corrected chi connectivity index (χ2v) is 6.48. The first-order valence-electron chi connectivity index (χ1n) is 7.48. The van der Waals surface area contributed by atoms with E-state index in [4.69, 9.17) is 4.74 Å². The quantitative estimate of drug-likeness (QED) is 0.746. The highest BCUT2D eigenvalue weighted by Crippen LogP contribution is 2.39. The normalized spacial score (nSPS) is 23.4. The Balaban J connectivity index is 1.90. The van der Waals surface area contributed by atoms with E-state index in [2.05, 4.69) is 39.0 Å². The molecular weight excluding hydrogens is 263 g/mol. The number of rotatable bonds is 2. The van der Waals surface area contributed by atoms with Gasteiger partial charge in [0.05, 0.1) is 0 Å². The van der Waals surface area contributed by atoms with Crippen LogP contribution in [0.4, 0.5) is 4.39 Å². The van der Waals surface area contributed by atoms with Crippen molar-refractivity contribution in [1.29, 1.82) is 0 Å². The lowest BCUT2D eigenvalue weighted by Gasteiger charge is -2.36. The lowest BCUT2D eigenvalue weighted by molar-refractivity contribution is 0.0765. The highest BCUT2D eigenvalue weighted by molar-refractivity contribution is 5.45. The fourth-order valence-corrected chi connectivity index (χ4v) is 3.40.